The van der Waals surface area contributed by atoms with Crippen LogP contribution >= 0.6 is 0 Å². The first kappa shape index (κ1) is 13.4. The van der Waals surface area contributed by atoms with Gasteiger partial charge in [-0.25, -0.2) is 0 Å². The van der Waals surface area contributed by atoms with E-state index < -0.39 is 0 Å². The Bertz CT molecular complexity index is 719. The minimum atomic E-state index is -0.307. The summed E-state index contributed by atoms with van der Waals surface area (Å²) in [6, 6.07) is 4.13. The first-order valence-electron chi connectivity index (χ1n) is 7.63. The molecule has 1 atom stereocenters. The van der Waals surface area contributed by atoms with E-state index in [0.717, 1.165) is 37.3 Å². The number of carbonyl (C=O) groups excluding carboxylic acids is 1. The summed E-state index contributed by atoms with van der Waals surface area (Å²) in [5.74, 6) is 1.62. The zero-order valence-electron chi connectivity index (χ0n) is 12.9. The number of methoxy groups -OCH3 is 2. The largest absolute Gasteiger partial charge is 0.493 e. The lowest BCUT2D eigenvalue weighted by Gasteiger charge is -2.47. The highest BCUT2D eigenvalue weighted by atomic mass is 16.5. The van der Waals surface area contributed by atoms with Crippen molar-refractivity contribution in [2.45, 2.75) is 24.8 Å². The van der Waals surface area contributed by atoms with Gasteiger partial charge in [-0.2, -0.15) is 0 Å². The summed E-state index contributed by atoms with van der Waals surface area (Å²) in [6.07, 6.45) is 8.71. The maximum atomic E-state index is 12.4. The van der Waals surface area contributed by atoms with Gasteiger partial charge in [0.25, 0.3) is 0 Å². The second kappa shape index (κ2) is 4.63. The summed E-state index contributed by atoms with van der Waals surface area (Å²) in [6.45, 7) is 0.759. The molecule has 0 saturated heterocycles. The molecule has 22 heavy (non-hydrogen) atoms. The molecule has 1 aromatic rings. The molecular formula is C18H19NO3. The van der Waals surface area contributed by atoms with Crippen LogP contribution in [0.2, 0.25) is 0 Å². The molecule has 4 heteroatoms. The summed E-state index contributed by atoms with van der Waals surface area (Å²) in [4.78, 5) is 14.5. The number of ether oxygens (including phenoxy) is 2. The van der Waals surface area contributed by atoms with Gasteiger partial charge in [0, 0.05) is 12.6 Å². The maximum Gasteiger partial charge on any atom is 0.247 e. The van der Waals surface area contributed by atoms with Crippen LogP contribution in [0.25, 0.3) is 0 Å². The molecule has 4 rings (SSSR count). The molecule has 0 radical (unpaired) electrons. The summed E-state index contributed by atoms with van der Waals surface area (Å²) in [5, 5.41) is 0. The number of hydrogen-bond acceptors (Lipinski definition) is 3. The second-order valence-corrected chi connectivity index (χ2v) is 6.01. The molecule has 0 unspecified atom stereocenters. The molecular weight excluding hydrogens is 278 g/mol. The van der Waals surface area contributed by atoms with Gasteiger partial charge in [0.1, 0.15) is 0 Å². The number of nitrogens with zero attached hydrogens (tertiary/aromatic N) is 1. The monoisotopic (exact) mass is 297 g/mol. The van der Waals surface area contributed by atoms with Gasteiger partial charge >= 0.3 is 0 Å². The molecule has 0 aromatic heterocycles. The molecule has 0 fully saturated rings. The van der Waals surface area contributed by atoms with Gasteiger partial charge in [0.2, 0.25) is 5.91 Å². The van der Waals surface area contributed by atoms with Crippen LogP contribution in [0.15, 0.2) is 35.9 Å². The van der Waals surface area contributed by atoms with Gasteiger partial charge in [-0.05, 0) is 48.1 Å². The Hall–Kier alpha value is -2.23. The number of carbonyl (C=O) groups is 1. The zero-order valence-corrected chi connectivity index (χ0v) is 12.9. The summed E-state index contributed by atoms with van der Waals surface area (Å²) in [7, 11) is 3.31. The molecule has 0 saturated carbocycles. The van der Waals surface area contributed by atoms with Gasteiger partial charge < -0.3 is 14.4 Å². The summed E-state index contributed by atoms with van der Waals surface area (Å²) < 4.78 is 10.9. The molecule has 1 amide bonds. The van der Waals surface area contributed by atoms with E-state index in [1.54, 1.807) is 14.2 Å². The molecule has 0 N–H and O–H groups in total. The van der Waals surface area contributed by atoms with Gasteiger partial charge in [0.05, 0.1) is 19.8 Å². The van der Waals surface area contributed by atoms with Crippen molar-refractivity contribution in [2.75, 3.05) is 20.8 Å². The highest BCUT2D eigenvalue weighted by molar-refractivity contribution is 5.94. The summed E-state index contributed by atoms with van der Waals surface area (Å²) >= 11 is 0. The number of allylic oxidation sites excluding steroid dienone is 1. The third-order valence-electron chi connectivity index (χ3n) is 5.13. The van der Waals surface area contributed by atoms with Crippen molar-refractivity contribution in [1.29, 1.82) is 0 Å². The standard InChI is InChI=1S/C18H19NO3/c1-21-15-9-12-6-8-19-17(20)10-13-5-3-4-7-18(13,19)14(12)11-16(15)22-2/h3-4,9-11H,5-8H2,1-2H3/t18-/m1/s1. The average molecular weight is 297 g/mol. The average Bonchev–Trinajstić information content (AvgIpc) is 2.86. The second-order valence-electron chi connectivity index (χ2n) is 6.01. The Morgan fingerprint density at radius 1 is 1.14 bits per heavy atom. The van der Waals surface area contributed by atoms with E-state index in [0.29, 0.717) is 0 Å². The van der Waals surface area contributed by atoms with E-state index in [2.05, 4.69) is 24.3 Å². The molecule has 2 aliphatic heterocycles. The van der Waals surface area contributed by atoms with Crippen LogP contribution in [-0.2, 0) is 16.8 Å². The van der Waals surface area contributed by atoms with E-state index >= 15 is 0 Å². The molecule has 114 valence electrons. The molecule has 4 nitrogen and oxygen atoms in total. The van der Waals surface area contributed by atoms with Gasteiger partial charge in [-0.15, -0.1) is 0 Å². The van der Waals surface area contributed by atoms with Crippen LogP contribution in [0.5, 0.6) is 11.5 Å². The Kier molecular flexibility index (Phi) is 2.83. The van der Waals surface area contributed by atoms with Crippen molar-refractivity contribution in [3.05, 3.63) is 47.1 Å². The van der Waals surface area contributed by atoms with Crippen LogP contribution in [0, 0.1) is 0 Å². The lowest BCUT2D eigenvalue weighted by Crippen LogP contribution is -2.50. The SMILES string of the molecule is COc1cc2c(cc1OC)[C@@]13CC=CCC1=CC(=O)N3CC2. The number of fused-ring (bicyclic) bond motifs is 1. The molecule has 0 bridgehead atoms. The van der Waals surface area contributed by atoms with Crippen LogP contribution in [0.3, 0.4) is 0 Å². The van der Waals surface area contributed by atoms with Crippen molar-refractivity contribution in [2.24, 2.45) is 0 Å². The molecule has 1 aliphatic carbocycles. The van der Waals surface area contributed by atoms with Gasteiger partial charge in [0.15, 0.2) is 11.5 Å². The van der Waals surface area contributed by atoms with Crippen molar-refractivity contribution in [1.82, 2.24) is 4.90 Å². The Balaban J connectivity index is 1.96. The van der Waals surface area contributed by atoms with Crippen LogP contribution < -0.4 is 9.47 Å². The number of benzene rings is 1. The van der Waals surface area contributed by atoms with Gasteiger partial charge in [-0.3, -0.25) is 4.79 Å². The van der Waals surface area contributed by atoms with Crippen molar-refractivity contribution < 1.29 is 14.3 Å². The van der Waals surface area contributed by atoms with Crippen molar-refractivity contribution in [3.8, 4) is 11.5 Å². The van der Waals surface area contributed by atoms with Gasteiger partial charge in [-0.1, -0.05) is 12.2 Å². The first-order chi connectivity index (χ1) is 10.7. The van der Waals surface area contributed by atoms with Crippen molar-refractivity contribution in [3.63, 3.8) is 0 Å². The van der Waals surface area contributed by atoms with E-state index in [4.69, 9.17) is 9.47 Å². The number of rotatable bonds is 2. The molecule has 2 heterocycles. The number of hydrogen-bond donors (Lipinski definition) is 0. The molecule has 3 aliphatic rings. The number of amides is 1. The van der Waals surface area contributed by atoms with Crippen LogP contribution in [0.4, 0.5) is 0 Å². The van der Waals surface area contributed by atoms with E-state index in [9.17, 15) is 4.79 Å². The summed E-state index contributed by atoms with van der Waals surface area (Å²) in [5.41, 5.74) is 3.34. The topological polar surface area (TPSA) is 38.8 Å². The predicted molar refractivity (Wildman–Crippen MR) is 83.1 cm³/mol. The third kappa shape index (κ3) is 1.55. The fourth-order valence-electron chi connectivity index (χ4n) is 4.12. The molecule has 1 aromatic carbocycles. The zero-order chi connectivity index (χ0) is 15.3. The Morgan fingerprint density at radius 2 is 1.91 bits per heavy atom. The predicted octanol–water partition coefficient (Wildman–Crippen LogP) is 2.57. The smallest absolute Gasteiger partial charge is 0.247 e. The maximum absolute atomic E-state index is 12.4. The fraction of sp³-hybridized carbons (Fsp3) is 0.389. The minimum Gasteiger partial charge on any atom is -0.493 e. The normalized spacial score (nSPS) is 25.3. The Labute approximate surface area is 130 Å². The van der Waals surface area contributed by atoms with E-state index in [-0.39, 0.29) is 11.4 Å². The van der Waals surface area contributed by atoms with E-state index in [1.165, 1.54) is 16.7 Å². The van der Waals surface area contributed by atoms with E-state index in [1.807, 2.05) is 11.0 Å². The lowest BCUT2D eigenvalue weighted by atomic mass is 9.72. The van der Waals surface area contributed by atoms with Crippen molar-refractivity contribution >= 4 is 5.91 Å². The first-order valence-corrected chi connectivity index (χ1v) is 7.63. The quantitative estimate of drug-likeness (QED) is 0.788. The minimum absolute atomic E-state index is 0.138. The van der Waals surface area contributed by atoms with Crippen LogP contribution in [-0.4, -0.2) is 31.6 Å². The Morgan fingerprint density at radius 3 is 2.68 bits per heavy atom. The van der Waals surface area contributed by atoms with Crippen LogP contribution in [0.1, 0.15) is 24.0 Å². The third-order valence-corrected chi connectivity index (χ3v) is 5.13. The lowest BCUT2D eigenvalue weighted by molar-refractivity contribution is -0.129. The fourth-order valence-corrected chi connectivity index (χ4v) is 4.12. The highest BCUT2D eigenvalue weighted by Crippen LogP contribution is 2.52. The highest BCUT2D eigenvalue weighted by Gasteiger charge is 2.51. The molecule has 1 spiro atoms.